The van der Waals surface area contributed by atoms with Crippen molar-refractivity contribution in [2.75, 3.05) is 19.4 Å². The maximum Gasteiger partial charge on any atom is 0.394 e. The number of nitrogens with one attached hydrogen (secondary N) is 1. The van der Waals surface area contributed by atoms with E-state index in [2.05, 4.69) is 5.32 Å². The minimum atomic E-state index is -4.67. The number of halogens is 1. The van der Waals surface area contributed by atoms with Gasteiger partial charge >= 0.3 is 10.4 Å². The molecule has 2 amide bonds. The molecule has 0 saturated carbocycles. The van der Waals surface area contributed by atoms with Gasteiger partial charge in [0.1, 0.15) is 22.8 Å². The van der Waals surface area contributed by atoms with Gasteiger partial charge in [-0.15, -0.1) is 0 Å². The number of nitrogens with zero attached hydrogens (tertiary/aromatic N) is 1. The van der Waals surface area contributed by atoms with E-state index < -0.39 is 74.2 Å². The van der Waals surface area contributed by atoms with Crippen molar-refractivity contribution in [1.29, 1.82) is 0 Å². The van der Waals surface area contributed by atoms with Crippen molar-refractivity contribution in [3.8, 4) is 5.75 Å². The third-order valence-corrected chi connectivity index (χ3v) is 7.17. The van der Waals surface area contributed by atoms with Gasteiger partial charge in [0.2, 0.25) is 12.2 Å². The molecule has 17 heteroatoms. The number of allylic oxidation sites excluding steroid dienone is 1. The fourth-order valence-corrected chi connectivity index (χ4v) is 5.74. The number of phenols is 1. The Labute approximate surface area is 225 Å². The van der Waals surface area contributed by atoms with E-state index in [9.17, 15) is 39.6 Å². The number of amides is 2. The number of aliphatic hydroxyl groups is 3. The Hall–Kier alpha value is -3.54. The second-order valence-electron chi connectivity index (χ2n) is 9.29. The summed E-state index contributed by atoms with van der Waals surface area (Å²) < 4.78 is 31.6. The summed E-state index contributed by atoms with van der Waals surface area (Å²) in [6, 6.07) is 0.342. The van der Waals surface area contributed by atoms with Crippen LogP contribution in [0.25, 0.3) is 0 Å². The van der Waals surface area contributed by atoms with Crippen molar-refractivity contribution < 1.29 is 57.1 Å². The predicted octanol–water partition coefficient (Wildman–Crippen LogP) is -0.310. The molecule has 0 heterocycles. The molecule has 0 aliphatic heterocycles. The lowest BCUT2D eigenvalue weighted by atomic mass is 9.58. The summed E-state index contributed by atoms with van der Waals surface area (Å²) in [5, 5.41) is 46.2. The first-order chi connectivity index (χ1) is 17.9. The normalized spacial score (nSPS) is 26.3. The number of carbonyl (C=O) groups is 4. The molecule has 15 nitrogen and oxygen atoms in total. The third-order valence-electron chi connectivity index (χ3n) is 6.87. The van der Waals surface area contributed by atoms with E-state index in [1.54, 1.807) is 14.1 Å². The number of Topliss-reactive ketones (excluding diaryl/α,β-unsaturated/α-hetero) is 2. The second-order valence-corrected chi connectivity index (χ2v) is 10.6. The summed E-state index contributed by atoms with van der Waals surface area (Å²) in [4.78, 5) is 50.9. The highest BCUT2D eigenvalue weighted by Gasteiger charge is 2.63. The largest absolute Gasteiger partial charge is 0.510 e. The molecule has 1 aromatic carbocycles. The Kier molecular flexibility index (Phi) is 7.86. The molecule has 4 atom stereocenters. The van der Waals surface area contributed by atoms with Crippen molar-refractivity contribution in [3.63, 3.8) is 0 Å². The minimum absolute atomic E-state index is 0.00851. The number of benzene rings is 1. The zero-order valence-corrected chi connectivity index (χ0v) is 21.8. The van der Waals surface area contributed by atoms with E-state index >= 15 is 0 Å². The SMILES string of the molecule is CN(C)[C@@H]1C(O)=C(C(N)=O)C(=O)[C@@]2(O)C(O)=C3C(=O)c4c(cc(Cl)c(NC=O)c4O)CC3CC12.O=S(=O)(O)O. The average molecular weight is 590 g/mol. The molecule has 0 fully saturated rings. The fraction of sp³-hybridized carbons (Fsp3) is 0.364. The number of likely N-dealkylation sites (N-methyl/N-ethyl adjacent to an activating group) is 1. The van der Waals surface area contributed by atoms with Crippen molar-refractivity contribution in [3.05, 3.63) is 44.9 Å². The number of ketones is 2. The number of aliphatic hydroxyl groups excluding tert-OH is 2. The van der Waals surface area contributed by atoms with Gasteiger partial charge in [-0.1, -0.05) is 11.6 Å². The molecule has 0 radical (unpaired) electrons. The van der Waals surface area contributed by atoms with Crippen LogP contribution in [-0.2, 0) is 31.2 Å². The number of nitrogens with two attached hydrogens (primary N) is 1. The van der Waals surface area contributed by atoms with E-state index in [-0.39, 0.29) is 41.1 Å². The summed E-state index contributed by atoms with van der Waals surface area (Å²) in [6.45, 7) is 0. The smallest absolute Gasteiger partial charge is 0.394 e. The number of hydrogen-bond donors (Lipinski definition) is 8. The minimum Gasteiger partial charge on any atom is -0.510 e. The van der Waals surface area contributed by atoms with Gasteiger partial charge in [0.25, 0.3) is 5.91 Å². The Bertz CT molecular complexity index is 1460. The predicted molar refractivity (Wildman–Crippen MR) is 133 cm³/mol. The van der Waals surface area contributed by atoms with Gasteiger partial charge < -0.3 is 31.5 Å². The molecule has 0 saturated heterocycles. The Balaban J connectivity index is 0.000000771. The van der Waals surface area contributed by atoms with Gasteiger partial charge in [-0.25, -0.2) is 0 Å². The van der Waals surface area contributed by atoms with E-state index in [0.29, 0.717) is 5.56 Å². The van der Waals surface area contributed by atoms with Gasteiger partial charge in [-0.2, -0.15) is 8.42 Å². The van der Waals surface area contributed by atoms with Crippen LogP contribution in [0.15, 0.2) is 28.7 Å². The Morgan fingerprint density at radius 2 is 1.79 bits per heavy atom. The van der Waals surface area contributed by atoms with Crippen LogP contribution < -0.4 is 11.1 Å². The summed E-state index contributed by atoms with van der Waals surface area (Å²) >= 11 is 6.15. The number of phenolic OH excluding ortho intramolecular Hbond substituents is 1. The molecule has 1 aromatic rings. The molecule has 4 rings (SSSR count). The number of aromatic hydroxyl groups is 1. The number of hydrogen-bond acceptors (Lipinski definition) is 11. The van der Waals surface area contributed by atoms with Crippen molar-refractivity contribution >= 4 is 51.6 Å². The zero-order valence-electron chi connectivity index (χ0n) is 20.2. The molecule has 0 aromatic heterocycles. The highest BCUT2D eigenvalue weighted by Crippen LogP contribution is 2.53. The lowest BCUT2D eigenvalue weighted by Crippen LogP contribution is -2.63. The number of anilines is 1. The number of rotatable bonds is 4. The van der Waals surface area contributed by atoms with Gasteiger partial charge in [-0.05, 0) is 44.5 Å². The van der Waals surface area contributed by atoms with Crippen molar-refractivity contribution in [1.82, 2.24) is 4.90 Å². The van der Waals surface area contributed by atoms with Crippen LogP contribution in [0.1, 0.15) is 22.3 Å². The molecular weight excluding hydrogens is 566 g/mol. The molecule has 212 valence electrons. The first-order valence-corrected chi connectivity index (χ1v) is 12.7. The lowest BCUT2D eigenvalue weighted by Gasteiger charge is -2.50. The average Bonchev–Trinajstić information content (AvgIpc) is 2.77. The van der Waals surface area contributed by atoms with E-state index in [0.717, 1.165) is 0 Å². The molecule has 39 heavy (non-hydrogen) atoms. The van der Waals surface area contributed by atoms with Crippen LogP contribution in [0.4, 0.5) is 5.69 Å². The summed E-state index contributed by atoms with van der Waals surface area (Å²) in [5.41, 5.74) is 1.30. The number of primary amides is 1. The molecule has 3 aliphatic rings. The molecule has 2 unspecified atom stereocenters. The van der Waals surface area contributed by atoms with Crippen LogP contribution >= 0.6 is 11.6 Å². The van der Waals surface area contributed by atoms with Gasteiger partial charge in [0.05, 0.1) is 16.6 Å². The molecular formula is C22H24ClN3O12S. The van der Waals surface area contributed by atoms with Gasteiger partial charge in [-0.3, -0.25) is 33.2 Å². The molecule has 3 aliphatic carbocycles. The summed E-state index contributed by atoms with van der Waals surface area (Å²) in [5.74, 6) is -7.51. The second kappa shape index (κ2) is 10.2. The quantitative estimate of drug-likeness (QED) is 0.0970. The van der Waals surface area contributed by atoms with Crippen LogP contribution in [0.5, 0.6) is 5.75 Å². The number of carbonyl (C=O) groups excluding carboxylic acids is 4. The lowest BCUT2D eigenvalue weighted by molar-refractivity contribution is -0.148. The Morgan fingerprint density at radius 1 is 1.23 bits per heavy atom. The highest BCUT2D eigenvalue weighted by molar-refractivity contribution is 7.79. The van der Waals surface area contributed by atoms with Crippen LogP contribution in [-0.4, -0.2) is 92.5 Å². The maximum absolute atomic E-state index is 13.4. The first kappa shape index (κ1) is 30.0. The van der Waals surface area contributed by atoms with E-state index in [4.69, 9.17) is 34.9 Å². The van der Waals surface area contributed by atoms with E-state index in [1.807, 2.05) is 0 Å². The standard InChI is InChI=1S/C22H22ClN3O8.H2O4S/c1-26(2)15-9-4-7-3-8-5-10(23)14(25-6-27)17(29)11(8)16(28)12(7)19(31)22(9,34)20(32)13(18(15)30)21(24)33;1-5(2,3)4/h5-7,9,15,29-31,34H,3-4H2,1-2H3,(H2,24,33)(H,25,27);(H2,1,2,3,4)/t7?,9?,15-,22-;/m0./s1. The zero-order chi connectivity index (χ0) is 29.8. The van der Waals surface area contributed by atoms with Gasteiger partial charge in [0.15, 0.2) is 17.1 Å². The molecule has 9 N–H and O–H groups in total. The van der Waals surface area contributed by atoms with E-state index in [1.165, 1.54) is 11.0 Å². The summed E-state index contributed by atoms with van der Waals surface area (Å²) in [7, 11) is -1.57. The maximum atomic E-state index is 13.4. The Morgan fingerprint density at radius 3 is 2.28 bits per heavy atom. The molecule has 0 spiro atoms. The number of fused-ring (bicyclic) bond motifs is 3. The first-order valence-electron chi connectivity index (χ1n) is 11.0. The monoisotopic (exact) mass is 589 g/mol. The highest BCUT2D eigenvalue weighted by atomic mass is 35.5. The molecule has 0 bridgehead atoms. The van der Waals surface area contributed by atoms with Crippen LogP contribution in [0, 0.1) is 11.8 Å². The van der Waals surface area contributed by atoms with Gasteiger partial charge in [0, 0.05) is 11.5 Å². The van der Waals surface area contributed by atoms with Crippen molar-refractivity contribution in [2.24, 2.45) is 17.6 Å². The van der Waals surface area contributed by atoms with Crippen LogP contribution in [0.3, 0.4) is 0 Å². The van der Waals surface area contributed by atoms with Crippen LogP contribution in [0.2, 0.25) is 5.02 Å². The van der Waals surface area contributed by atoms with Crippen molar-refractivity contribution in [2.45, 2.75) is 24.5 Å². The fourth-order valence-electron chi connectivity index (χ4n) is 5.47. The topological polar surface area (TPSA) is 265 Å². The summed E-state index contributed by atoms with van der Waals surface area (Å²) in [6.07, 6.45) is 0.335. The third kappa shape index (κ3) is 4.97.